The van der Waals surface area contributed by atoms with Crippen molar-refractivity contribution in [2.24, 2.45) is 22.7 Å². The van der Waals surface area contributed by atoms with Gasteiger partial charge < -0.3 is 4.74 Å². The van der Waals surface area contributed by atoms with Crippen LogP contribution in [0.1, 0.15) is 66.2 Å². The van der Waals surface area contributed by atoms with Crippen LogP contribution in [0.4, 0.5) is 0 Å². The molecule has 0 spiro atoms. The lowest BCUT2D eigenvalue weighted by Crippen LogP contribution is -2.49. The Bertz CT molecular complexity index is 530. The number of hydrogen-bond acceptors (Lipinski definition) is 2. The third-order valence-corrected chi connectivity index (χ3v) is 7.30. The molecule has 0 bridgehead atoms. The van der Waals surface area contributed by atoms with E-state index in [1.807, 2.05) is 0 Å². The molecular weight excluding hydrogens is 272 g/mol. The smallest absolute Gasteiger partial charge is 0.331 e. The first-order chi connectivity index (χ1) is 10.4. The molecule has 3 rings (SSSR count). The molecule has 1 heterocycles. The largest absolute Gasteiger partial charge is 0.458 e. The first-order valence-corrected chi connectivity index (χ1v) is 8.90. The van der Waals surface area contributed by atoms with Gasteiger partial charge in [0.15, 0.2) is 0 Å². The highest BCUT2D eigenvalue weighted by Gasteiger charge is 2.52. The molecule has 2 heteroatoms. The Labute approximate surface area is 135 Å². The highest BCUT2D eigenvalue weighted by molar-refractivity contribution is 5.85. The summed E-state index contributed by atoms with van der Waals surface area (Å²) in [6, 6.07) is 0. The van der Waals surface area contributed by atoms with Crippen molar-refractivity contribution >= 4 is 5.97 Å². The normalized spacial score (nSPS) is 41.5. The van der Waals surface area contributed by atoms with Crippen molar-refractivity contribution in [3.05, 3.63) is 23.3 Å². The highest BCUT2D eigenvalue weighted by atomic mass is 16.5. The first-order valence-electron chi connectivity index (χ1n) is 8.90. The van der Waals surface area contributed by atoms with E-state index in [0.29, 0.717) is 17.4 Å². The number of hydrogen-bond donors (Lipinski definition) is 0. The fourth-order valence-corrected chi connectivity index (χ4v) is 5.32. The molecular formula is C20H30O2. The fourth-order valence-electron chi connectivity index (χ4n) is 5.32. The number of allylic oxidation sites excluding steroid dienone is 2. The Morgan fingerprint density at radius 3 is 2.77 bits per heavy atom. The summed E-state index contributed by atoms with van der Waals surface area (Å²) in [6.07, 6.45) is 11.6. The molecule has 4 unspecified atom stereocenters. The van der Waals surface area contributed by atoms with Crippen molar-refractivity contribution < 1.29 is 9.53 Å². The zero-order valence-electron chi connectivity index (χ0n) is 14.6. The van der Waals surface area contributed by atoms with E-state index in [9.17, 15) is 4.79 Å². The van der Waals surface area contributed by atoms with Gasteiger partial charge in [0.05, 0.1) is 0 Å². The molecule has 0 aromatic heterocycles. The van der Waals surface area contributed by atoms with Gasteiger partial charge in [0, 0.05) is 6.08 Å². The first kappa shape index (κ1) is 15.8. The van der Waals surface area contributed by atoms with Gasteiger partial charge >= 0.3 is 5.97 Å². The van der Waals surface area contributed by atoms with Crippen molar-refractivity contribution in [3.63, 3.8) is 0 Å². The number of carbonyl (C=O) groups is 1. The van der Waals surface area contributed by atoms with E-state index >= 15 is 0 Å². The van der Waals surface area contributed by atoms with Crippen molar-refractivity contribution in [3.8, 4) is 0 Å². The van der Waals surface area contributed by atoms with E-state index in [-0.39, 0.29) is 5.97 Å². The Morgan fingerprint density at radius 1 is 1.32 bits per heavy atom. The lowest BCUT2D eigenvalue weighted by molar-refractivity contribution is -0.134. The Kier molecular flexibility index (Phi) is 3.99. The standard InChI is InChI=1S/C20H30O2/c1-14-6-5-7-17-19(14,3)10-8-15(2)20(17,4)11-9-16-12-18(21)22-13-16/h6,12,15,17H,5,7-11,13H2,1-4H3. The van der Waals surface area contributed by atoms with Crippen LogP contribution in [0.3, 0.4) is 0 Å². The lowest BCUT2D eigenvalue weighted by atomic mass is 9.47. The maximum Gasteiger partial charge on any atom is 0.331 e. The van der Waals surface area contributed by atoms with Gasteiger partial charge in [0.2, 0.25) is 0 Å². The predicted octanol–water partition coefficient (Wildman–Crippen LogP) is 5.05. The van der Waals surface area contributed by atoms with Crippen molar-refractivity contribution in [2.75, 3.05) is 6.61 Å². The van der Waals surface area contributed by atoms with E-state index in [1.54, 1.807) is 11.6 Å². The number of fused-ring (bicyclic) bond motifs is 1. The summed E-state index contributed by atoms with van der Waals surface area (Å²) < 4.78 is 5.07. The quantitative estimate of drug-likeness (QED) is 0.539. The molecule has 1 fully saturated rings. The molecule has 2 aliphatic carbocycles. The molecule has 22 heavy (non-hydrogen) atoms. The lowest BCUT2D eigenvalue weighted by Gasteiger charge is -2.58. The zero-order valence-corrected chi connectivity index (χ0v) is 14.6. The van der Waals surface area contributed by atoms with Crippen LogP contribution in [0.2, 0.25) is 0 Å². The monoisotopic (exact) mass is 302 g/mol. The van der Waals surface area contributed by atoms with Gasteiger partial charge in [-0.15, -0.1) is 0 Å². The van der Waals surface area contributed by atoms with Gasteiger partial charge in [-0.3, -0.25) is 0 Å². The summed E-state index contributed by atoms with van der Waals surface area (Å²) in [4.78, 5) is 11.3. The second kappa shape index (κ2) is 5.54. The van der Waals surface area contributed by atoms with Gasteiger partial charge in [-0.25, -0.2) is 4.79 Å². The SMILES string of the molecule is CC1=CCCC2C1(C)CCC(C)C2(C)CCC1=CC(=O)OC1. The maximum absolute atomic E-state index is 11.3. The highest BCUT2D eigenvalue weighted by Crippen LogP contribution is 2.61. The van der Waals surface area contributed by atoms with E-state index in [1.165, 1.54) is 37.7 Å². The van der Waals surface area contributed by atoms with Crippen LogP contribution >= 0.6 is 0 Å². The summed E-state index contributed by atoms with van der Waals surface area (Å²) in [5.74, 6) is 1.38. The minimum atomic E-state index is -0.155. The van der Waals surface area contributed by atoms with E-state index < -0.39 is 0 Å². The van der Waals surface area contributed by atoms with Gasteiger partial charge in [-0.1, -0.05) is 32.4 Å². The van der Waals surface area contributed by atoms with Crippen molar-refractivity contribution in [1.29, 1.82) is 0 Å². The van der Waals surface area contributed by atoms with Gasteiger partial charge in [-0.2, -0.15) is 0 Å². The summed E-state index contributed by atoms with van der Waals surface area (Å²) in [7, 11) is 0. The number of esters is 1. The third kappa shape index (κ3) is 2.45. The molecule has 1 aliphatic heterocycles. The Hall–Kier alpha value is -1.05. The van der Waals surface area contributed by atoms with Crippen LogP contribution < -0.4 is 0 Å². The molecule has 4 atom stereocenters. The van der Waals surface area contributed by atoms with Gasteiger partial charge in [0.25, 0.3) is 0 Å². The molecule has 2 nitrogen and oxygen atoms in total. The average Bonchev–Trinajstić information content (AvgIpc) is 2.90. The van der Waals surface area contributed by atoms with E-state index in [0.717, 1.165) is 18.3 Å². The maximum atomic E-state index is 11.3. The average molecular weight is 302 g/mol. The molecule has 0 radical (unpaired) electrons. The molecule has 0 amide bonds. The Morgan fingerprint density at radius 2 is 2.09 bits per heavy atom. The second-order valence-corrected chi connectivity index (χ2v) is 8.29. The summed E-state index contributed by atoms with van der Waals surface area (Å²) in [6.45, 7) is 10.3. The minimum Gasteiger partial charge on any atom is -0.458 e. The molecule has 122 valence electrons. The van der Waals surface area contributed by atoms with Gasteiger partial charge in [0.1, 0.15) is 6.61 Å². The summed E-state index contributed by atoms with van der Waals surface area (Å²) in [5, 5.41) is 0. The van der Waals surface area contributed by atoms with Gasteiger partial charge in [-0.05, 0) is 73.7 Å². The zero-order chi connectivity index (χ0) is 16.0. The van der Waals surface area contributed by atoms with E-state index in [2.05, 4.69) is 33.8 Å². The van der Waals surface area contributed by atoms with E-state index in [4.69, 9.17) is 4.74 Å². The second-order valence-electron chi connectivity index (χ2n) is 8.29. The predicted molar refractivity (Wildman–Crippen MR) is 89.4 cm³/mol. The number of carbonyl (C=O) groups excluding carboxylic acids is 1. The number of cyclic esters (lactones) is 1. The van der Waals surface area contributed by atoms with Crippen molar-refractivity contribution in [2.45, 2.75) is 66.2 Å². The van der Waals surface area contributed by atoms with Crippen LogP contribution in [0.15, 0.2) is 23.3 Å². The third-order valence-electron chi connectivity index (χ3n) is 7.30. The van der Waals surface area contributed by atoms with Crippen LogP contribution in [-0.2, 0) is 9.53 Å². The van der Waals surface area contributed by atoms with Crippen LogP contribution in [0.25, 0.3) is 0 Å². The Balaban J connectivity index is 1.81. The molecule has 0 aromatic carbocycles. The molecule has 0 saturated heterocycles. The molecule has 3 aliphatic rings. The van der Waals surface area contributed by atoms with Crippen LogP contribution in [0.5, 0.6) is 0 Å². The number of rotatable bonds is 3. The molecule has 0 aromatic rings. The minimum absolute atomic E-state index is 0.155. The summed E-state index contributed by atoms with van der Waals surface area (Å²) >= 11 is 0. The van der Waals surface area contributed by atoms with Crippen LogP contribution in [0, 0.1) is 22.7 Å². The molecule has 0 N–H and O–H groups in total. The van der Waals surface area contributed by atoms with Crippen molar-refractivity contribution in [1.82, 2.24) is 0 Å². The summed E-state index contributed by atoms with van der Waals surface area (Å²) in [5.41, 5.74) is 3.56. The fraction of sp³-hybridized carbons (Fsp3) is 0.750. The number of ether oxygens (including phenoxy) is 1. The molecule has 1 saturated carbocycles. The van der Waals surface area contributed by atoms with Crippen LogP contribution in [-0.4, -0.2) is 12.6 Å². The topological polar surface area (TPSA) is 26.3 Å².